The summed E-state index contributed by atoms with van der Waals surface area (Å²) in [6, 6.07) is 16.6. The normalized spacial score (nSPS) is 13.9. The van der Waals surface area contributed by atoms with Gasteiger partial charge in [-0.2, -0.15) is 5.26 Å². The van der Waals surface area contributed by atoms with Crippen molar-refractivity contribution >= 4 is 5.69 Å². The first-order valence-corrected chi connectivity index (χ1v) is 9.77. The first kappa shape index (κ1) is 20.2. The topological polar surface area (TPSA) is 104 Å². The molecule has 33 heavy (non-hydrogen) atoms. The second-order valence-electron chi connectivity index (χ2n) is 7.36. The number of rotatable bonds is 3. The van der Waals surface area contributed by atoms with Crippen molar-refractivity contribution in [2.45, 2.75) is 5.92 Å². The van der Waals surface area contributed by atoms with Crippen LogP contribution in [0.3, 0.4) is 0 Å². The maximum Gasteiger partial charge on any atom is 0.228 e. The van der Waals surface area contributed by atoms with Gasteiger partial charge in [-0.3, -0.25) is 9.98 Å². The van der Waals surface area contributed by atoms with E-state index in [0.29, 0.717) is 28.0 Å². The molecular weight excluding hydrogens is 428 g/mol. The zero-order chi connectivity index (χ0) is 23.1. The molecule has 1 aliphatic rings. The molecule has 7 nitrogen and oxygen atoms in total. The molecule has 160 valence electrons. The lowest BCUT2D eigenvalue weighted by Crippen LogP contribution is -2.29. The Morgan fingerprint density at radius 3 is 2.73 bits per heavy atom. The zero-order valence-electron chi connectivity index (χ0n) is 16.8. The van der Waals surface area contributed by atoms with Crippen molar-refractivity contribution in [3.05, 3.63) is 111 Å². The van der Waals surface area contributed by atoms with Gasteiger partial charge in [-0.25, -0.2) is 13.8 Å². The fraction of sp³-hybridized carbons (Fsp3) is 0.0417. The monoisotopic (exact) mass is 441 g/mol. The fourth-order valence-electron chi connectivity index (χ4n) is 3.97. The van der Waals surface area contributed by atoms with E-state index in [1.54, 1.807) is 42.5 Å². The molecule has 0 bridgehead atoms. The minimum absolute atomic E-state index is 0.0515. The van der Waals surface area contributed by atoms with Crippen molar-refractivity contribution < 1.29 is 13.5 Å². The number of fused-ring (bicyclic) bond motifs is 2. The van der Waals surface area contributed by atoms with E-state index in [0.717, 1.165) is 12.1 Å². The molecule has 0 aliphatic carbocycles. The summed E-state index contributed by atoms with van der Waals surface area (Å²) in [5, 5.41) is 21.1. The van der Waals surface area contributed by atoms with Gasteiger partial charge in [-0.1, -0.05) is 18.2 Å². The van der Waals surface area contributed by atoms with Crippen LogP contribution >= 0.6 is 0 Å². The Balaban J connectivity index is 1.79. The van der Waals surface area contributed by atoms with Crippen molar-refractivity contribution in [1.29, 1.82) is 10.7 Å². The molecule has 0 radical (unpaired) electrons. The van der Waals surface area contributed by atoms with Crippen LogP contribution in [0.2, 0.25) is 0 Å². The number of halogens is 2. The molecule has 0 amide bonds. The fourth-order valence-corrected chi connectivity index (χ4v) is 3.97. The molecule has 1 aliphatic heterocycles. The summed E-state index contributed by atoms with van der Waals surface area (Å²) < 4.78 is 35.0. The van der Waals surface area contributed by atoms with Gasteiger partial charge in [0.15, 0.2) is 0 Å². The van der Waals surface area contributed by atoms with Gasteiger partial charge in [0.1, 0.15) is 34.9 Å². The molecule has 1 atom stereocenters. The summed E-state index contributed by atoms with van der Waals surface area (Å²) in [5.74, 6) is -1.72. The number of nitriles is 1. The van der Waals surface area contributed by atoms with Gasteiger partial charge < -0.3 is 4.74 Å². The smallest absolute Gasteiger partial charge is 0.228 e. The predicted molar refractivity (Wildman–Crippen MR) is 113 cm³/mol. The lowest BCUT2D eigenvalue weighted by atomic mass is 9.83. The highest BCUT2D eigenvalue weighted by Crippen LogP contribution is 2.45. The van der Waals surface area contributed by atoms with Crippen LogP contribution < -0.4 is 10.2 Å². The van der Waals surface area contributed by atoms with Crippen LogP contribution in [0.25, 0.3) is 5.69 Å². The summed E-state index contributed by atoms with van der Waals surface area (Å²) in [4.78, 5) is 15.4. The number of nitrogens with one attached hydrogen (secondary N) is 1. The first-order chi connectivity index (χ1) is 16.0. The molecule has 1 unspecified atom stereocenters. The standard InChI is InChI=1S/C24H13F2N5O2/c25-15-5-7-19(18(26)10-15)31-12-29-24-22(23(31)28)21(14-2-1-3-16(9-14)30-32)17-6-4-13(11-27)8-20(17)33-24/h1-10,12,21,28H. The molecule has 3 aromatic carbocycles. The van der Waals surface area contributed by atoms with Crippen LogP contribution in [0.5, 0.6) is 11.6 Å². The van der Waals surface area contributed by atoms with Crippen molar-refractivity contribution in [1.82, 2.24) is 9.55 Å². The zero-order valence-corrected chi connectivity index (χ0v) is 16.8. The molecule has 0 saturated carbocycles. The molecule has 4 aromatic rings. The highest BCUT2D eigenvalue weighted by atomic mass is 19.1. The van der Waals surface area contributed by atoms with Crippen LogP contribution in [0.1, 0.15) is 28.2 Å². The van der Waals surface area contributed by atoms with Gasteiger partial charge in [0.25, 0.3) is 0 Å². The van der Waals surface area contributed by atoms with E-state index in [-0.39, 0.29) is 22.7 Å². The van der Waals surface area contributed by atoms with Crippen LogP contribution in [0.4, 0.5) is 14.5 Å². The third kappa shape index (κ3) is 3.34. The number of aromatic nitrogens is 2. The Kier molecular flexibility index (Phi) is 4.75. The summed E-state index contributed by atoms with van der Waals surface area (Å²) in [6.07, 6.45) is 1.22. The molecule has 1 aromatic heterocycles. The van der Waals surface area contributed by atoms with Gasteiger partial charge in [-0.05, 0) is 47.1 Å². The average Bonchev–Trinajstić information content (AvgIpc) is 2.83. The van der Waals surface area contributed by atoms with E-state index >= 15 is 0 Å². The number of hydrogen-bond donors (Lipinski definition) is 1. The van der Waals surface area contributed by atoms with E-state index < -0.39 is 17.6 Å². The Labute approximate surface area is 185 Å². The minimum Gasteiger partial charge on any atom is -0.438 e. The van der Waals surface area contributed by atoms with E-state index in [2.05, 4.69) is 16.2 Å². The first-order valence-electron chi connectivity index (χ1n) is 9.77. The van der Waals surface area contributed by atoms with Gasteiger partial charge in [0, 0.05) is 17.5 Å². The molecule has 0 fully saturated rings. The van der Waals surface area contributed by atoms with Crippen molar-refractivity contribution in [3.8, 4) is 23.4 Å². The third-order valence-corrected chi connectivity index (χ3v) is 5.44. The Morgan fingerprint density at radius 1 is 1.12 bits per heavy atom. The highest BCUT2D eigenvalue weighted by Gasteiger charge is 2.32. The third-order valence-electron chi connectivity index (χ3n) is 5.44. The molecule has 9 heteroatoms. The quantitative estimate of drug-likeness (QED) is 0.389. The van der Waals surface area contributed by atoms with Crippen LogP contribution in [0, 0.1) is 33.3 Å². The van der Waals surface area contributed by atoms with E-state index in [4.69, 9.17) is 10.1 Å². The molecule has 5 rings (SSSR count). The van der Waals surface area contributed by atoms with Crippen LogP contribution in [0.15, 0.2) is 72.2 Å². The summed E-state index contributed by atoms with van der Waals surface area (Å²) in [6.45, 7) is 0. The lowest BCUT2D eigenvalue weighted by molar-refractivity contribution is 0.426. The summed E-state index contributed by atoms with van der Waals surface area (Å²) >= 11 is 0. The second kappa shape index (κ2) is 7.76. The van der Waals surface area contributed by atoms with Crippen molar-refractivity contribution in [2.24, 2.45) is 5.18 Å². The van der Waals surface area contributed by atoms with Gasteiger partial charge in [0.05, 0.1) is 22.9 Å². The maximum atomic E-state index is 14.5. The Morgan fingerprint density at radius 2 is 1.97 bits per heavy atom. The molecule has 1 N–H and O–H groups in total. The number of nitroso groups, excluding NO2 is 1. The number of ether oxygens (including phenoxy) is 1. The molecule has 0 saturated heterocycles. The maximum absolute atomic E-state index is 14.5. The highest BCUT2D eigenvalue weighted by molar-refractivity contribution is 5.59. The lowest BCUT2D eigenvalue weighted by Gasteiger charge is -2.28. The van der Waals surface area contributed by atoms with E-state index in [9.17, 15) is 18.9 Å². The molecule has 0 spiro atoms. The van der Waals surface area contributed by atoms with Crippen LogP contribution in [-0.2, 0) is 0 Å². The minimum atomic E-state index is -0.852. The number of hydrogen-bond acceptors (Lipinski definition) is 6. The number of nitrogens with zero attached hydrogens (tertiary/aromatic N) is 4. The van der Waals surface area contributed by atoms with E-state index in [1.165, 1.54) is 17.0 Å². The largest absolute Gasteiger partial charge is 0.438 e. The predicted octanol–water partition coefficient (Wildman–Crippen LogP) is 5.19. The average molecular weight is 441 g/mol. The van der Waals surface area contributed by atoms with Crippen molar-refractivity contribution in [3.63, 3.8) is 0 Å². The summed E-state index contributed by atoms with van der Waals surface area (Å²) in [7, 11) is 0. The van der Waals surface area contributed by atoms with Gasteiger partial charge in [0.2, 0.25) is 5.88 Å². The summed E-state index contributed by atoms with van der Waals surface area (Å²) in [5.41, 5.74) is 1.99. The molecular formula is C24H13F2N5O2. The Hall–Kier alpha value is -4.71. The van der Waals surface area contributed by atoms with Gasteiger partial charge >= 0.3 is 0 Å². The second-order valence-corrected chi connectivity index (χ2v) is 7.36. The van der Waals surface area contributed by atoms with Crippen molar-refractivity contribution in [2.75, 3.05) is 0 Å². The number of benzene rings is 3. The van der Waals surface area contributed by atoms with Crippen LogP contribution in [-0.4, -0.2) is 9.55 Å². The molecule has 2 heterocycles. The van der Waals surface area contributed by atoms with Gasteiger partial charge in [-0.15, -0.1) is 4.91 Å². The Bertz CT molecular complexity index is 1540. The SMILES string of the molecule is N#Cc1ccc2c(c1)Oc1ncn(-c3ccc(F)cc3F)c(=N)c1C2c1cccc(N=O)c1. The van der Waals surface area contributed by atoms with E-state index in [1.807, 2.05) is 0 Å².